The standard InChI is InChI=1S/C14H20O3/c1-4-17-12-7-5-6-11(8-12)9-13(10(2)3)14(15)16/h5-8,10,13H,4,9H2,1-3H3,(H,15,16). The fraction of sp³-hybridized carbons (Fsp3) is 0.500. The van der Waals surface area contributed by atoms with Gasteiger partial charge in [-0.05, 0) is 37.0 Å². The molecule has 1 unspecified atom stereocenters. The molecule has 1 atom stereocenters. The van der Waals surface area contributed by atoms with Crippen molar-refractivity contribution in [3.63, 3.8) is 0 Å². The van der Waals surface area contributed by atoms with Crippen LogP contribution in [0.3, 0.4) is 0 Å². The second-order valence-electron chi connectivity index (χ2n) is 4.47. The number of benzene rings is 1. The maximum absolute atomic E-state index is 11.1. The first-order valence-corrected chi connectivity index (χ1v) is 5.99. The largest absolute Gasteiger partial charge is 0.494 e. The van der Waals surface area contributed by atoms with Crippen LogP contribution in [0.15, 0.2) is 24.3 Å². The van der Waals surface area contributed by atoms with Crippen LogP contribution >= 0.6 is 0 Å². The van der Waals surface area contributed by atoms with E-state index in [9.17, 15) is 4.79 Å². The summed E-state index contributed by atoms with van der Waals surface area (Å²) in [6, 6.07) is 7.65. The van der Waals surface area contributed by atoms with E-state index >= 15 is 0 Å². The van der Waals surface area contributed by atoms with Crippen LogP contribution in [0, 0.1) is 11.8 Å². The minimum absolute atomic E-state index is 0.128. The van der Waals surface area contributed by atoms with E-state index in [1.165, 1.54) is 0 Å². The number of carboxylic acid groups (broad SMARTS) is 1. The number of rotatable bonds is 6. The van der Waals surface area contributed by atoms with Gasteiger partial charge in [-0.3, -0.25) is 4.79 Å². The highest BCUT2D eigenvalue weighted by Crippen LogP contribution is 2.20. The topological polar surface area (TPSA) is 46.5 Å². The van der Waals surface area contributed by atoms with Crippen LogP contribution in [0.1, 0.15) is 26.3 Å². The molecule has 1 N–H and O–H groups in total. The van der Waals surface area contributed by atoms with E-state index in [1.807, 2.05) is 45.0 Å². The number of hydrogen-bond acceptors (Lipinski definition) is 2. The number of ether oxygens (including phenoxy) is 1. The predicted molar refractivity (Wildman–Crippen MR) is 67.3 cm³/mol. The fourth-order valence-electron chi connectivity index (χ4n) is 1.79. The molecule has 0 amide bonds. The zero-order valence-electron chi connectivity index (χ0n) is 10.6. The maximum atomic E-state index is 11.1. The van der Waals surface area contributed by atoms with Gasteiger partial charge in [-0.25, -0.2) is 0 Å². The molecule has 1 aromatic rings. The molecule has 3 nitrogen and oxygen atoms in total. The predicted octanol–water partition coefficient (Wildman–Crippen LogP) is 2.98. The summed E-state index contributed by atoms with van der Waals surface area (Å²) >= 11 is 0. The van der Waals surface area contributed by atoms with Crippen molar-refractivity contribution in [2.45, 2.75) is 27.2 Å². The summed E-state index contributed by atoms with van der Waals surface area (Å²) in [4.78, 5) is 11.1. The first-order chi connectivity index (χ1) is 8.04. The van der Waals surface area contributed by atoms with E-state index in [-0.39, 0.29) is 11.8 Å². The van der Waals surface area contributed by atoms with Gasteiger partial charge >= 0.3 is 5.97 Å². The number of hydrogen-bond donors (Lipinski definition) is 1. The Bertz CT molecular complexity index is 371. The Labute approximate surface area is 102 Å². The van der Waals surface area contributed by atoms with Gasteiger partial charge in [-0.15, -0.1) is 0 Å². The molecule has 1 rings (SSSR count). The van der Waals surface area contributed by atoms with Crippen molar-refractivity contribution >= 4 is 5.97 Å². The Hall–Kier alpha value is -1.51. The third kappa shape index (κ3) is 4.10. The van der Waals surface area contributed by atoms with Crippen molar-refractivity contribution in [3.8, 4) is 5.75 Å². The maximum Gasteiger partial charge on any atom is 0.307 e. The van der Waals surface area contributed by atoms with Gasteiger partial charge in [-0.2, -0.15) is 0 Å². The minimum atomic E-state index is -0.734. The number of carbonyl (C=O) groups is 1. The summed E-state index contributed by atoms with van der Waals surface area (Å²) in [7, 11) is 0. The molecule has 0 heterocycles. The Kier molecular flexibility index (Phi) is 5.01. The van der Waals surface area contributed by atoms with Crippen molar-refractivity contribution in [3.05, 3.63) is 29.8 Å². The molecule has 0 aromatic heterocycles. The number of carboxylic acids is 1. The smallest absolute Gasteiger partial charge is 0.307 e. The third-order valence-electron chi connectivity index (χ3n) is 2.79. The molecule has 0 fully saturated rings. The highest BCUT2D eigenvalue weighted by atomic mass is 16.5. The molecule has 0 bridgehead atoms. The summed E-state index contributed by atoms with van der Waals surface area (Å²) in [5.41, 5.74) is 1.01. The van der Waals surface area contributed by atoms with Crippen LogP contribution < -0.4 is 4.74 Å². The Morgan fingerprint density at radius 2 is 2.12 bits per heavy atom. The van der Waals surface area contributed by atoms with Crippen LogP contribution in [-0.2, 0) is 11.2 Å². The third-order valence-corrected chi connectivity index (χ3v) is 2.79. The van der Waals surface area contributed by atoms with Crippen molar-refractivity contribution < 1.29 is 14.6 Å². The first kappa shape index (κ1) is 13.6. The van der Waals surface area contributed by atoms with Crippen LogP contribution in [0.2, 0.25) is 0 Å². The molecular formula is C14H20O3. The van der Waals surface area contributed by atoms with Crippen molar-refractivity contribution in [1.82, 2.24) is 0 Å². The average Bonchev–Trinajstić information content (AvgIpc) is 2.26. The Morgan fingerprint density at radius 3 is 2.65 bits per heavy atom. The highest BCUT2D eigenvalue weighted by Gasteiger charge is 2.21. The summed E-state index contributed by atoms with van der Waals surface area (Å²) in [5.74, 6) is -0.144. The Morgan fingerprint density at radius 1 is 1.41 bits per heavy atom. The van der Waals surface area contributed by atoms with Gasteiger partial charge < -0.3 is 9.84 Å². The van der Waals surface area contributed by atoms with E-state index in [4.69, 9.17) is 9.84 Å². The summed E-state index contributed by atoms with van der Waals surface area (Å²) < 4.78 is 5.40. The van der Waals surface area contributed by atoms with Gasteiger partial charge in [0.2, 0.25) is 0 Å². The normalized spacial score (nSPS) is 12.5. The lowest BCUT2D eigenvalue weighted by Gasteiger charge is -2.16. The molecule has 0 radical (unpaired) electrons. The van der Waals surface area contributed by atoms with Gasteiger partial charge in [0.1, 0.15) is 5.75 Å². The van der Waals surface area contributed by atoms with E-state index in [1.54, 1.807) is 0 Å². The van der Waals surface area contributed by atoms with E-state index < -0.39 is 5.97 Å². The highest BCUT2D eigenvalue weighted by molar-refractivity contribution is 5.70. The van der Waals surface area contributed by atoms with Gasteiger partial charge in [-0.1, -0.05) is 26.0 Å². The van der Waals surface area contributed by atoms with E-state index in [0.717, 1.165) is 11.3 Å². The Balaban J connectivity index is 2.78. The van der Waals surface area contributed by atoms with Gasteiger partial charge in [0, 0.05) is 0 Å². The van der Waals surface area contributed by atoms with Crippen molar-refractivity contribution in [1.29, 1.82) is 0 Å². The zero-order valence-corrected chi connectivity index (χ0v) is 10.6. The molecule has 17 heavy (non-hydrogen) atoms. The monoisotopic (exact) mass is 236 g/mol. The van der Waals surface area contributed by atoms with Crippen LogP contribution in [0.25, 0.3) is 0 Å². The van der Waals surface area contributed by atoms with Crippen LogP contribution in [0.5, 0.6) is 5.75 Å². The first-order valence-electron chi connectivity index (χ1n) is 5.99. The molecule has 0 aliphatic carbocycles. The molecule has 0 spiro atoms. The van der Waals surface area contributed by atoms with E-state index in [2.05, 4.69) is 0 Å². The van der Waals surface area contributed by atoms with Crippen molar-refractivity contribution in [2.24, 2.45) is 11.8 Å². The van der Waals surface area contributed by atoms with Gasteiger partial charge in [0.15, 0.2) is 0 Å². The zero-order chi connectivity index (χ0) is 12.8. The van der Waals surface area contributed by atoms with E-state index in [0.29, 0.717) is 13.0 Å². The van der Waals surface area contributed by atoms with Crippen molar-refractivity contribution in [2.75, 3.05) is 6.61 Å². The second-order valence-corrected chi connectivity index (χ2v) is 4.47. The SMILES string of the molecule is CCOc1cccc(CC(C(=O)O)C(C)C)c1. The second kappa shape index (κ2) is 6.28. The molecule has 1 aromatic carbocycles. The average molecular weight is 236 g/mol. The minimum Gasteiger partial charge on any atom is -0.494 e. The van der Waals surface area contributed by atoms with Gasteiger partial charge in [0.05, 0.1) is 12.5 Å². The molecule has 3 heteroatoms. The molecular weight excluding hydrogens is 216 g/mol. The molecule has 94 valence electrons. The summed E-state index contributed by atoms with van der Waals surface area (Å²) in [5, 5.41) is 9.15. The lowest BCUT2D eigenvalue weighted by molar-refractivity contribution is -0.143. The molecule has 0 aliphatic rings. The van der Waals surface area contributed by atoms with Gasteiger partial charge in [0.25, 0.3) is 0 Å². The molecule has 0 saturated carbocycles. The molecule has 0 aliphatic heterocycles. The van der Waals surface area contributed by atoms with Crippen LogP contribution in [-0.4, -0.2) is 17.7 Å². The number of aliphatic carboxylic acids is 1. The quantitative estimate of drug-likeness (QED) is 0.826. The lowest BCUT2D eigenvalue weighted by atomic mass is 9.89. The summed E-state index contributed by atoms with van der Waals surface area (Å²) in [6.45, 7) is 6.42. The summed E-state index contributed by atoms with van der Waals surface area (Å²) in [6.07, 6.45) is 0.550. The lowest BCUT2D eigenvalue weighted by Crippen LogP contribution is -2.22. The fourth-order valence-corrected chi connectivity index (χ4v) is 1.79. The van der Waals surface area contributed by atoms with Crippen LogP contribution in [0.4, 0.5) is 0 Å². The molecule has 0 saturated heterocycles.